The van der Waals surface area contributed by atoms with Crippen molar-refractivity contribution in [3.63, 3.8) is 0 Å². The molecule has 2 aliphatic rings. The fraction of sp³-hybridized carbons (Fsp3) is 0.128. The summed E-state index contributed by atoms with van der Waals surface area (Å²) in [5.41, 5.74) is 12.9. The van der Waals surface area contributed by atoms with Crippen LogP contribution in [0, 0.1) is 0 Å². The van der Waals surface area contributed by atoms with E-state index in [1.165, 1.54) is 38.6 Å². The molecule has 2 aromatic heterocycles. The van der Waals surface area contributed by atoms with Gasteiger partial charge in [-0.15, -0.1) is 0 Å². The van der Waals surface area contributed by atoms with Gasteiger partial charge in [0.2, 0.25) is 0 Å². The Balaban J connectivity index is 1.28. The van der Waals surface area contributed by atoms with Gasteiger partial charge < -0.3 is 14.3 Å². The summed E-state index contributed by atoms with van der Waals surface area (Å²) in [4.78, 5) is 0. The van der Waals surface area contributed by atoms with Crippen LogP contribution >= 0.6 is 0 Å². The number of hydrogen-bond donors (Lipinski definition) is 1. The molecule has 0 saturated heterocycles. The first kappa shape index (κ1) is 23.7. The highest BCUT2D eigenvalue weighted by atomic mass is 16.3. The average Bonchev–Trinajstić information content (AvgIpc) is 3.75. The van der Waals surface area contributed by atoms with Crippen LogP contribution in [0.4, 0.5) is 11.4 Å². The predicted octanol–water partition coefficient (Wildman–Crippen LogP) is 10.9. The van der Waals surface area contributed by atoms with E-state index in [-0.39, 0.29) is 5.41 Å². The number of nitrogens with zero attached hydrogens (tertiary/aromatic N) is 1. The molecule has 42 heavy (non-hydrogen) atoms. The Labute approximate surface area is 244 Å². The van der Waals surface area contributed by atoms with Gasteiger partial charge in [0.05, 0.1) is 11.0 Å². The summed E-state index contributed by atoms with van der Waals surface area (Å²) in [7, 11) is 0. The molecule has 1 aliphatic carbocycles. The molecule has 0 bridgehead atoms. The molecular weight excluding hydrogens is 512 g/mol. The lowest BCUT2D eigenvalue weighted by Gasteiger charge is -2.22. The van der Waals surface area contributed by atoms with Gasteiger partial charge in [0, 0.05) is 55.7 Å². The van der Waals surface area contributed by atoms with Gasteiger partial charge in [-0.2, -0.15) is 0 Å². The second-order valence-electron chi connectivity index (χ2n) is 12.6. The van der Waals surface area contributed by atoms with E-state index in [9.17, 15) is 0 Å². The van der Waals surface area contributed by atoms with Crippen molar-refractivity contribution < 1.29 is 4.42 Å². The number of anilines is 2. The van der Waals surface area contributed by atoms with Gasteiger partial charge in [-0.3, -0.25) is 0 Å². The summed E-state index contributed by atoms with van der Waals surface area (Å²) < 4.78 is 8.98. The smallest absolute Gasteiger partial charge is 0.143 e. The zero-order valence-corrected chi connectivity index (χ0v) is 23.9. The number of rotatable bonds is 3. The Morgan fingerprint density at radius 3 is 2.45 bits per heavy atom. The summed E-state index contributed by atoms with van der Waals surface area (Å²) >= 11 is 0. The lowest BCUT2D eigenvalue weighted by molar-refractivity contribution is 0.590. The zero-order chi connectivity index (χ0) is 28.2. The molecule has 1 N–H and O–H groups in total. The van der Waals surface area contributed by atoms with Crippen LogP contribution in [0.2, 0.25) is 0 Å². The van der Waals surface area contributed by atoms with Crippen LogP contribution in [0.3, 0.4) is 0 Å². The lowest BCUT2D eigenvalue weighted by atomic mass is 9.84. The molecule has 7 aromatic rings. The van der Waals surface area contributed by atoms with Crippen LogP contribution in [0.15, 0.2) is 120 Å². The van der Waals surface area contributed by atoms with Crippen molar-refractivity contribution in [2.45, 2.75) is 32.1 Å². The molecule has 0 amide bonds. The molecule has 0 spiro atoms. The Kier molecular flexibility index (Phi) is 4.66. The largest absolute Gasteiger partial charge is 0.455 e. The number of para-hydroxylation sites is 3. The number of aromatic nitrogens is 1. The van der Waals surface area contributed by atoms with Gasteiger partial charge in [0.15, 0.2) is 0 Å². The SMILES string of the molecule is CC(C)(C)c1ccc(Nc2cccc3c2c2cccc4c2n3C2=CC=CC24)c(-c2cccc3c2oc2ccccc23)c1. The van der Waals surface area contributed by atoms with Crippen LogP contribution in [-0.4, -0.2) is 4.57 Å². The molecule has 0 saturated carbocycles. The van der Waals surface area contributed by atoms with E-state index >= 15 is 0 Å². The molecule has 3 heteroatoms. The number of furan rings is 1. The van der Waals surface area contributed by atoms with Gasteiger partial charge in [0.25, 0.3) is 0 Å². The molecule has 1 atom stereocenters. The van der Waals surface area contributed by atoms with Crippen LogP contribution in [-0.2, 0) is 5.41 Å². The van der Waals surface area contributed by atoms with Crippen molar-refractivity contribution in [1.82, 2.24) is 4.57 Å². The monoisotopic (exact) mass is 542 g/mol. The highest BCUT2D eigenvalue weighted by Crippen LogP contribution is 2.50. The van der Waals surface area contributed by atoms with Crippen molar-refractivity contribution >= 4 is 60.8 Å². The molecule has 0 radical (unpaired) electrons. The molecule has 3 heterocycles. The second kappa shape index (κ2) is 8.27. The standard InChI is InChI=1S/C39H30N2O/c1-39(2,3)23-20-21-31(30(22-23)28-14-7-13-27-25-10-4-5-19-35(25)42-38(27)28)40-32-16-9-18-34-36(32)29-15-6-12-26-24-11-8-17-33(24)41(34)37(26)29/h4-22,24,40H,1-3H3. The Hall–Kier alpha value is -5.02. The van der Waals surface area contributed by atoms with Gasteiger partial charge in [0.1, 0.15) is 11.2 Å². The average molecular weight is 543 g/mol. The molecule has 0 fully saturated rings. The van der Waals surface area contributed by atoms with Crippen LogP contribution in [0.5, 0.6) is 0 Å². The predicted molar refractivity (Wildman–Crippen MR) is 177 cm³/mol. The highest BCUT2D eigenvalue weighted by Gasteiger charge is 2.32. The Morgan fingerprint density at radius 1 is 0.738 bits per heavy atom. The molecule has 1 unspecified atom stereocenters. The maximum absolute atomic E-state index is 6.52. The van der Waals surface area contributed by atoms with Crippen LogP contribution in [0.25, 0.3) is 60.6 Å². The maximum Gasteiger partial charge on any atom is 0.143 e. The van der Waals surface area contributed by atoms with Crippen molar-refractivity contribution in [3.05, 3.63) is 126 Å². The first-order chi connectivity index (χ1) is 20.5. The number of nitrogens with one attached hydrogen (secondary N) is 1. The van der Waals surface area contributed by atoms with Crippen molar-refractivity contribution in [2.24, 2.45) is 0 Å². The van der Waals surface area contributed by atoms with Crippen LogP contribution in [0.1, 0.15) is 37.8 Å². The number of benzene rings is 5. The third kappa shape index (κ3) is 3.16. The fourth-order valence-corrected chi connectivity index (χ4v) is 7.16. The quantitative estimate of drug-likeness (QED) is 0.241. The molecule has 5 aromatic carbocycles. The van der Waals surface area contributed by atoms with E-state index in [1.54, 1.807) is 0 Å². The van der Waals surface area contributed by atoms with E-state index in [1.807, 2.05) is 6.07 Å². The lowest BCUT2D eigenvalue weighted by Crippen LogP contribution is -2.11. The normalized spacial score (nSPS) is 15.8. The highest BCUT2D eigenvalue weighted by molar-refractivity contribution is 6.19. The third-order valence-electron chi connectivity index (χ3n) is 9.18. The topological polar surface area (TPSA) is 30.1 Å². The number of allylic oxidation sites excluding steroid dienone is 4. The van der Waals surface area contributed by atoms with E-state index in [0.29, 0.717) is 5.92 Å². The van der Waals surface area contributed by atoms with Crippen molar-refractivity contribution in [3.8, 4) is 11.1 Å². The van der Waals surface area contributed by atoms with E-state index in [0.717, 1.165) is 44.4 Å². The van der Waals surface area contributed by atoms with Gasteiger partial charge in [-0.1, -0.05) is 99.7 Å². The molecule has 202 valence electrons. The van der Waals surface area contributed by atoms with Gasteiger partial charge in [-0.25, -0.2) is 0 Å². The first-order valence-electron chi connectivity index (χ1n) is 14.7. The van der Waals surface area contributed by atoms with E-state index in [4.69, 9.17) is 4.42 Å². The summed E-state index contributed by atoms with van der Waals surface area (Å²) in [6.07, 6.45) is 6.77. The minimum absolute atomic E-state index is 0.00940. The fourth-order valence-electron chi connectivity index (χ4n) is 7.16. The molecule has 3 nitrogen and oxygen atoms in total. The second-order valence-corrected chi connectivity index (χ2v) is 12.6. The molecule has 1 aliphatic heterocycles. The summed E-state index contributed by atoms with van der Waals surface area (Å²) in [5, 5.41) is 8.75. The minimum Gasteiger partial charge on any atom is -0.455 e. The number of fused-ring (bicyclic) bond motifs is 9. The first-order valence-corrected chi connectivity index (χ1v) is 14.7. The van der Waals surface area contributed by atoms with E-state index in [2.05, 4.69) is 140 Å². The third-order valence-corrected chi connectivity index (χ3v) is 9.18. The zero-order valence-electron chi connectivity index (χ0n) is 23.9. The van der Waals surface area contributed by atoms with Crippen molar-refractivity contribution in [1.29, 1.82) is 0 Å². The van der Waals surface area contributed by atoms with Crippen molar-refractivity contribution in [2.75, 3.05) is 5.32 Å². The van der Waals surface area contributed by atoms with Crippen LogP contribution < -0.4 is 5.32 Å². The summed E-state index contributed by atoms with van der Waals surface area (Å²) in [6.45, 7) is 6.81. The maximum atomic E-state index is 6.52. The molecule has 9 rings (SSSR count). The minimum atomic E-state index is 0.00940. The van der Waals surface area contributed by atoms with E-state index < -0.39 is 0 Å². The Bertz CT molecular complexity index is 2320. The molecular formula is C39H30N2O. The summed E-state index contributed by atoms with van der Waals surface area (Å²) in [5.74, 6) is 0.352. The summed E-state index contributed by atoms with van der Waals surface area (Å²) in [6, 6.07) is 35.1. The Morgan fingerprint density at radius 2 is 1.55 bits per heavy atom. The van der Waals surface area contributed by atoms with Gasteiger partial charge in [-0.05, 0) is 52.9 Å². The number of hydrogen-bond acceptors (Lipinski definition) is 2. The van der Waals surface area contributed by atoms with Gasteiger partial charge >= 0.3 is 0 Å².